The van der Waals surface area contributed by atoms with E-state index in [1.165, 1.54) is 24.3 Å². The lowest BCUT2D eigenvalue weighted by atomic mass is 9.86. The summed E-state index contributed by atoms with van der Waals surface area (Å²) in [5, 5.41) is 20.4. The predicted octanol–water partition coefficient (Wildman–Crippen LogP) is 4.68. The van der Waals surface area contributed by atoms with Crippen LogP contribution >= 0.6 is 0 Å². The molecule has 0 radical (unpaired) electrons. The Morgan fingerprint density at radius 2 is 1.72 bits per heavy atom. The fourth-order valence-electron chi connectivity index (χ4n) is 2.36. The largest absolute Gasteiger partial charge is 0.288 e. The molecule has 0 saturated heterocycles. The zero-order chi connectivity index (χ0) is 18.6. The van der Waals surface area contributed by atoms with Gasteiger partial charge in [0.15, 0.2) is 0 Å². The van der Waals surface area contributed by atoms with Crippen LogP contribution in [0, 0.1) is 21.4 Å². The fraction of sp³-hybridized carbons (Fsp3) is 0.200. The Bertz CT molecular complexity index is 882. The molecule has 126 valence electrons. The highest BCUT2D eigenvalue weighted by atomic mass is 16.6. The van der Waals surface area contributed by atoms with Crippen molar-refractivity contribution in [2.45, 2.75) is 26.2 Å². The summed E-state index contributed by atoms with van der Waals surface area (Å²) in [6, 6.07) is 14.9. The summed E-state index contributed by atoms with van der Waals surface area (Å²) in [7, 11) is 0. The van der Waals surface area contributed by atoms with E-state index in [1.807, 2.05) is 18.2 Å². The van der Waals surface area contributed by atoms with Crippen LogP contribution in [0.3, 0.4) is 0 Å². The van der Waals surface area contributed by atoms with E-state index in [9.17, 15) is 20.2 Å². The van der Waals surface area contributed by atoms with Gasteiger partial charge >= 0.3 is 0 Å². The van der Waals surface area contributed by atoms with Crippen molar-refractivity contribution in [2.24, 2.45) is 0 Å². The average Bonchev–Trinajstić information content (AvgIpc) is 2.58. The molecule has 0 saturated carbocycles. The van der Waals surface area contributed by atoms with Crippen molar-refractivity contribution in [2.75, 3.05) is 0 Å². The third-order valence-electron chi connectivity index (χ3n) is 3.81. The number of nitro benzene ring substituents is 1. The molecule has 0 heterocycles. The van der Waals surface area contributed by atoms with Gasteiger partial charge in [0.1, 0.15) is 11.6 Å². The number of nitriles is 1. The first-order valence-electron chi connectivity index (χ1n) is 7.74. The molecule has 0 aromatic heterocycles. The van der Waals surface area contributed by atoms with Gasteiger partial charge in [-0.25, -0.2) is 0 Å². The number of hydrogen-bond acceptors (Lipinski definition) is 4. The number of carbonyl (C=O) groups excluding carboxylic acids is 1. The van der Waals surface area contributed by atoms with Crippen LogP contribution in [0.1, 0.15) is 42.3 Å². The second-order valence-corrected chi connectivity index (χ2v) is 6.64. The first kappa shape index (κ1) is 18.1. The number of rotatable bonds is 4. The summed E-state index contributed by atoms with van der Waals surface area (Å²) in [6.07, 6.45) is 1.26. The minimum absolute atomic E-state index is 0.0415. The van der Waals surface area contributed by atoms with Crippen LogP contribution in [0.5, 0.6) is 0 Å². The van der Waals surface area contributed by atoms with Crippen molar-refractivity contribution < 1.29 is 9.72 Å². The highest BCUT2D eigenvalue weighted by molar-refractivity contribution is 6.14. The van der Waals surface area contributed by atoms with E-state index in [2.05, 4.69) is 20.8 Å². The van der Waals surface area contributed by atoms with Crippen molar-refractivity contribution in [3.8, 4) is 6.07 Å². The summed E-state index contributed by atoms with van der Waals surface area (Å²) in [5.74, 6) is -0.457. The van der Waals surface area contributed by atoms with Crippen LogP contribution in [0.15, 0.2) is 54.1 Å². The van der Waals surface area contributed by atoms with Crippen molar-refractivity contribution >= 4 is 17.5 Å². The Balaban J connectivity index is 2.40. The molecule has 0 spiro atoms. The number of allylic oxidation sites excluding steroid dienone is 1. The maximum Gasteiger partial charge on any atom is 0.276 e. The van der Waals surface area contributed by atoms with Crippen molar-refractivity contribution in [1.82, 2.24) is 0 Å². The SMILES string of the molecule is CC(C)(C)c1ccc(C(=O)/C(C#N)=C/c2ccccc2[N+](=O)[O-])cc1. The number of benzene rings is 2. The number of nitrogens with zero attached hydrogens (tertiary/aromatic N) is 2. The third-order valence-corrected chi connectivity index (χ3v) is 3.81. The molecule has 2 rings (SSSR count). The minimum Gasteiger partial charge on any atom is -0.288 e. The number of nitro groups is 1. The maximum absolute atomic E-state index is 12.6. The molecule has 5 heteroatoms. The van der Waals surface area contributed by atoms with Crippen molar-refractivity contribution in [3.05, 3.63) is 80.9 Å². The Morgan fingerprint density at radius 3 is 2.24 bits per heavy atom. The highest BCUT2D eigenvalue weighted by Gasteiger charge is 2.18. The summed E-state index contributed by atoms with van der Waals surface area (Å²) in [6.45, 7) is 6.21. The van der Waals surface area contributed by atoms with Gasteiger partial charge in [0, 0.05) is 11.6 Å². The minimum atomic E-state index is -0.538. The fourth-order valence-corrected chi connectivity index (χ4v) is 2.36. The van der Waals surface area contributed by atoms with Crippen LogP contribution in [0.25, 0.3) is 6.08 Å². The van der Waals surface area contributed by atoms with E-state index in [4.69, 9.17) is 0 Å². The Hall–Kier alpha value is -3.26. The van der Waals surface area contributed by atoms with E-state index in [0.717, 1.165) is 5.56 Å². The normalized spacial score (nSPS) is 11.7. The quantitative estimate of drug-likeness (QED) is 0.267. The molecule has 2 aromatic carbocycles. The molecule has 0 N–H and O–H groups in total. The van der Waals surface area contributed by atoms with Gasteiger partial charge in [-0.3, -0.25) is 14.9 Å². The lowest BCUT2D eigenvalue weighted by Gasteiger charge is -2.18. The lowest BCUT2D eigenvalue weighted by molar-refractivity contribution is -0.385. The zero-order valence-electron chi connectivity index (χ0n) is 14.3. The van der Waals surface area contributed by atoms with Crippen LogP contribution in [-0.2, 0) is 5.41 Å². The predicted molar refractivity (Wildman–Crippen MR) is 96.2 cm³/mol. The molecular formula is C20H18N2O3. The Morgan fingerprint density at radius 1 is 1.12 bits per heavy atom. The standard InChI is InChI=1S/C20H18N2O3/c1-20(2,3)17-10-8-14(9-11-17)19(23)16(13-21)12-15-6-4-5-7-18(15)22(24)25/h4-12H,1-3H3/b16-12+. The molecule has 0 fully saturated rings. The van der Waals surface area contributed by atoms with Gasteiger partial charge in [0.2, 0.25) is 5.78 Å². The Kier molecular flexibility index (Phi) is 5.14. The molecule has 0 bridgehead atoms. The van der Waals surface area contributed by atoms with E-state index < -0.39 is 10.7 Å². The summed E-state index contributed by atoms with van der Waals surface area (Å²) in [5.41, 5.74) is 1.34. The first-order chi connectivity index (χ1) is 11.7. The van der Waals surface area contributed by atoms with Gasteiger partial charge in [-0.05, 0) is 23.1 Å². The Labute approximate surface area is 146 Å². The van der Waals surface area contributed by atoms with E-state index >= 15 is 0 Å². The smallest absolute Gasteiger partial charge is 0.276 e. The molecule has 0 aliphatic heterocycles. The summed E-state index contributed by atoms with van der Waals surface area (Å²) in [4.78, 5) is 23.1. The number of carbonyl (C=O) groups is 1. The van der Waals surface area contributed by atoms with Gasteiger partial charge in [0.05, 0.1) is 10.5 Å². The number of Topliss-reactive ketones (excluding diaryl/α,β-unsaturated/α-hetero) is 1. The van der Waals surface area contributed by atoms with Gasteiger partial charge in [-0.1, -0.05) is 57.2 Å². The summed E-state index contributed by atoms with van der Waals surface area (Å²) < 4.78 is 0. The van der Waals surface area contributed by atoms with Crippen LogP contribution < -0.4 is 0 Å². The zero-order valence-corrected chi connectivity index (χ0v) is 14.3. The molecule has 0 amide bonds. The third kappa shape index (κ3) is 4.18. The highest BCUT2D eigenvalue weighted by Crippen LogP contribution is 2.24. The van der Waals surface area contributed by atoms with E-state index in [-0.39, 0.29) is 22.2 Å². The second-order valence-electron chi connectivity index (χ2n) is 6.64. The van der Waals surface area contributed by atoms with E-state index in [1.54, 1.807) is 18.2 Å². The molecule has 0 unspecified atom stereocenters. The summed E-state index contributed by atoms with van der Waals surface area (Å²) >= 11 is 0. The van der Waals surface area contributed by atoms with E-state index in [0.29, 0.717) is 5.56 Å². The maximum atomic E-state index is 12.6. The van der Waals surface area contributed by atoms with Crippen LogP contribution in [0.4, 0.5) is 5.69 Å². The van der Waals surface area contributed by atoms with Crippen LogP contribution in [0.2, 0.25) is 0 Å². The van der Waals surface area contributed by atoms with Crippen molar-refractivity contribution in [1.29, 1.82) is 5.26 Å². The van der Waals surface area contributed by atoms with Crippen LogP contribution in [-0.4, -0.2) is 10.7 Å². The molecule has 0 aliphatic carbocycles. The molecule has 0 atom stereocenters. The molecule has 0 aliphatic rings. The van der Waals surface area contributed by atoms with Gasteiger partial charge in [-0.15, -0.1) is 0 Å². The lowest BCUT2D eigenvalue weighted by Crippen LogP contribution is -2.11. The molecular weight excluding hydrogens is 316 g/mol. The molecule has 2 aromatic rings. The number of ketones is 1. The van der Waals surface area contributed by atoms with Gasteiger partial charge < -0.3 is 0 Å². The first-order valence-corrected chi connectivity index (χ1v) is 7.74. The topological polar surface area (TPSA) is 84.0 Å². The van der Waals surface area contributed by atoms with Gasteiger partial charge in [-0.2, -0.15) is 5.26 Å². The van der Waals surface area contributed by atoms with Crippen molar-refractivity contribution in [3.63, 3.8) is 0 Å². The number of para-hydroxylation sites is 1. The average molecular weight is 334 g/mol. The monoisotopic (exact) mass is 334 g/mol. The molecule has 25 heavy (non-hydrogen) atoms. The molecule has 5 nitrogen and oxygen atoms in total. The van der Waals surface area contributed by atoms with Gasteiger partial charge in [0.25, 0.3) is 5.69 Å². The second kappa shape index (κ2) is 7.10. The number of hydrogen-bond donors (Lipinski definition) is 0.